The van der Waals surface area contributed by atoms with Crippen LogP contribution in [-0.2, 0) is 4.79 Å². The lowest BCUT2D eigenvalue weighted by molar-refractivity contribution is -0.910. The van der Waals surface area contributed by atoms with E-state index in [9.17, 15) is 9.90 Å². The highest BCUT2D eigenvalue weighted by Crippen LogP contribution is 2.35. The Morgan fingerprint density at radius 3 is 2.13 bits per heavy atom. The van der Waals surface area contributed by atoms with Crippen LogP contribution in [0.4, 0.5) is 0 Å². The molecule has 0 amide bonds. The Bertz CT molecular complexity index is 234. The highest BCUT2D eigenvalue weighted by Gasteiger charge is 2.35. The molecule has 3 nitrogen and oxygen atoms in total. The van der Waals surface area contributed by atoms with E-state index < -0.39 is 5.97 Å². The zero-order valence-corrected chi connectivity index (χ0v) is 10.4. The van der Waals surface area contributed by atoms with E-state index in [-0.39, 0.29) is 6.54 Å². The maximum atomic E-state index is 10.6. The van der Waals surface area contributed by atoms with Gasteiger partial charge in [0.05, 0.1) is 26.1 Å². The third-order valence-electron chi connectivity index (χ3n) is 3.77. The summed E-state index contributed by atoms with van der Waals surface area (Å²) in [4.78, 5) is 10.6. The van der Waals surface area contributed by atoms with E-state index in [0.717, 1.165) is 31.8 Å². The number of carbonyl (C=O) groups is 1. The van der Waals surface area contributed by atoms with Crippen LogP contribution in [0.2, 0.25) is 0 Å². The van der Waals surface area contributed by atoms with Gasteiger partial charge in [0.2, 0.25) is 0 Å². The Balaban J connectivity index is 2.51. The minimum absolute atomic E-state index is 0.164. The minimum Gasteiger partial charge on any atom is -0.544 e. The summed E-state index contributed by atoms with van der Waals surface area (Å²) in [6.45, 7) is 8.91. The molecule has 15 heavy (non-hydrogen) atoms. The summed E-state index contributed by atoms with van der Waals surface area (Å²) in [5.74, 6) is -0.197. The van der Waals surface area contributed by atoms with Gasteiger partial charge in [-0.1, -0.05) is 20.8 Å². The molecule has 0 N–H and O–H groups in total. The van der Waals surface area contributed by atoms with Gasteiger partial charge in [-0.3, -0.25) is 0 Å². The van der Waals surface area contributed by atoms with Crippen LogP contribution in [0.15, 0.2) is 0 Å². The molecule has 0 atom stereocenters. The summed E-state index contributed by atoms with van der Waals surface area (Å²) in [5.41, 5.74) is 0.354. The van der Waals surface area contributed by atoms with Gasteiger partial charge in [-0.05, 0) is 11.3 Å². The van der Waals surface area contributed by atoms with Gasteiger partial charge in [-0.15, -0.1) is 0 Å². The van der Waals surface area contributed by atoms with Gasteiger partial charge >= 0.3 is 0 Å². The van der Waals surface area contributed by atoms with Gasteiger partial charge in [0, 0.05) is 12.8 Å². The Morgan fingerprint density at radius 1 is 1.33 bits per heavy atom. The fraction of sp³-hybridized carbons (Fsp3) is 0.917. The van der Waals surface area contributed by atoms with Crippen molar-refractivity contribution in [3.63, 3.8) is 0 Å². The zero-order valence-electron chi connectivity index (χ0n) is 10.4. The van der Waals surface area contributed by atoms with Crippen LogP contribution in [0.25, 0.3) is 0 Å². The van der Waals surface area contributed by atoms with Crippen molar-refractivity contribution in [2.24, 2.45) is 11.3 Å². The zero-order chi connectivity index (χ0) is 11.7. The van der Waals surface area contributed by atoms with E-state index in [1.54, 1.807) is 0 Å². The SMILES string of the molecule is CC(C)(C)C1CC[N+](C)(CC(=O)[O-])CC1. The van der Waals surface area contributed by atoms with Crippen molar-refractivity contribution >= 4 is 5.97 Å². The molecule has 0 aromatic heterocycles. The lowest BCUT2D eigenvalue weighted by Gasteiger charge is -2.44. The third kappa shape index (κ3) is 3.49. The number of piperidine rings is 1. The number of carboxylic acid groups (broad SMARTS) is 1. The van der Waals surface area contributed by atoms with Gasteiger partial charge in [0.15, 0.2) is 0 Å². The number of rotatable bonds is 2. The Labute approximate surface area is 92.7 Å². The molecule has 0 aliphatic carbocycles. The molecule has 0 aromatic carbocycles. The van der Waals surface area contributed by atoms with Crippen LogP contribution in [0.5, 0.6) is 0 Å². The summed E-state index contributed by atoms with van der Waals surface area (Å²) >= 11 is 0. The molecule has 1 aliphatic rings. The Hall–Kier alpha value is -0.570. The predicted octanol–water partition coefficient (Wildman–Crippen LogP) is 0.639. The first kappa shape index (κ1) is 12.5. The van der Waals surface area contributed by atoms with Gasteiger partial charge < -0.3 is 14.4 Å². The van der Waals surface area contributed by atoms with Crippen molar-refractivity contribution in [3.8, 4) is 0 Å². The number of aliphatic carboxylic acids is 1. The molecular formula is C12H23NO2. The molecule has 1 rings (SSSR count). The summed E-state index contributed by atoms with van der Waals surface area (Å²) in [6.07, 6.45) is 2.26. The summed E-state index contributed by atoms with van der Waals surface area (Å²) < 4.78 is 0.648. The molecule has 0 spiro atoms. The molecule has 0 bridgehead atoms. The largest absolute Gasteiger partial charge is 0.544 e. The van der Waals surface area contributed by atoms with Crippen molar-refractivity contribution < 1.29 is 14.4 Å². The minimum atomic E-state index is -0.924. The Kier molecular flexibility index (Phi) is 3.44. The molecule has 0 radical (unpaired) electrons. The van der Waals surface area contributed by atoms with Gasteiger partial charge in [0.25, 0.3) is 0 Å². The highest BCUT2D eigenvalue weighted by molar-refractivity contribution is 5.65. The highest BCUT2D eigenvalue weighted by atomic mass is 16.4. The topological polar surface area (TPSA) is 40.1 Å². The average molecular weight is 213 g/mol. The smallest absolute Gasteiger partial charge is 0.119 e. The number of hydrogen-bond donors (Lipinski definition) is 0. The van der Waals surface area contributed by atoms with Gasteiger partial charge in [-0.2, -0.15) is 0 Å². The van der Waals surface area contributed by atoms with Crippen molar-refractivity contribution in [2.45, 2.75) is 33.6 Å². The molecule has 0 unspecified atom stereocenters. The van der Waals surface area contributed by atoms with Crippen LogP contribution >= 0.6 is 0 Å². The first-order valence-electron chi connectivity index (χ1n) is 5.76. The van der Waals surface area contributed by atoms with Crippen LogP contribution in [-0.4, -0.2) is 37.1 Å². The van der Waals surface area contributed by atoms with E-state index in [1.165, 1.54) is 0 Å². The summed E-state index contributed by atoms with van der Waals surface area (Å²) in [5, 5.41) is 10.6. The number of nitrogens with zero attached hydrogens (tertiary/aromatic N) is 1. The molecule has 1 heterocycles. The number of quaternary nitrogens is 1. The molecule has 1 saturated heterocycles. The van der Waals surface area contributed by atoms with Crippen LogP contribution in [0, 0.1) is 11.3 Å². The molecular weight excluding hydrogens is 190 g/mol. The number of likely N-dealkylation sites (N-methyl/N-ethyl adjacent to an activating group) is 1. The first-order chi connectivity index (χ1) is 6.73. The number of likely N-dealkylation sites (tertiary alicyclic amines) is 1. The van der Waals surface area contributed by atoms with E-state index in [1.807, 2.05) is 7.05 Å². The second-order valence-electron chi connectivity index (χ2n) is 6.24. The van der Waals surface area contributed by atoms with E-state index in [2.05, 4.69) is 20.8 Å². The first-order valence-corrected chi connectivity index (χ1v) is 5.76. The summed E-state index contributed by atoms with van der Waals surface area (Å²) in [6, 6.07) is 0. The Morgan fingerprint density at radius 2 is 1.80 bits per heavy atom. The number of carbonyl (C=O) groups excluding carboxylic acids is 1. The molecule has 0 saturated carbocycles. The predicted molar refractivity (Wildman–Crippen MR) is 58.0 cm³/mol. The van der Waals surface area contributed by atoms with E-state index in [4.69, 9.17) is 0 Å². The second-order valence-corrected chi connectivity index (χ2v) is 6.24. The van der Waals surface area contributed by atoms with Crippen molar-refractivity contribution in [1.29, 1.82) is 0 Å². The normalized spacial score (nSPS) is 32.7. The standard InChI is InChI=1S/C12H23NO2/c1-12(2,3)10-5-7-13(4,8-6-10)9-11(14)15/h10H,5-9H2,1-4H3. The maximum Gasteiger partial charge on any atom is 0.119 e. The van der Waals surface area contributed by atoms with E-state index in [0.29, 0.717) is 9.90 Å². The van der Waals surface area contributed by atoms with Crippen molar-refractivity contribution in [1.82, 2.24) is 0 Å². The lowest BCUT2D eigenvalue weighted by Crippen LogP contribution is -2.55. The van der Waals surface area contributed by atoms with Crippen LogP contribution in [0.1, 0.15) is 33.6 Å². The third-order valence-corrected chi connectivity index (χ3v) is 3.77. The molecule has 1 aliphatic heterocycles. The number of carboxylic acids is 1. The quantitative estimate of drug-likeness (QED) is 0.632. The lowest BCUT2D eigenvalue weighted by atomic mass is 9.75. The van der Waals surface area contributed by atoms with E-state index >= 15 is 0 Å². The summed E-state index contributed by atoms with van der Waals surface area (Å²) in [7, 11) is 2.02. The van der Waals surface area contributed by atoms with Gasteiger partial charge in [-0.25, -0.2) is 0 Å². The van der Waals surface area contributed by atoms with Crippen LogP contribution < -0.4 is 5.11 Å². The second kappa shape index (κ2) is 4.12. The van der Waals surface area contributed by atoms with Crippen molar-refractivity contribution in [3.05, 3.63) is 0 Å². The maximum absolute atomic E-state index is 10.6. The molecule has 0 aromatic rings. The molecule has 3 heteroatoms. The molecule has 1 fully saturated rings. The van der Waals surface area contributed by atoms with Crippen LogP contribution in [0.3, 0.4) is 0 Å². The molecule has 88 valence electrons. The monoisotopic (exact) mass is 213 g/mol. The fourth-order valence-corrected chi connectivity index (χ4v) is 2.53. The average Bonchev–Trinajstić information content (AvgIpc) is 2.00. The van der Waals surface area contributed by atoms with Gasteiger partial charge in [0.1, 0.15) is 6.54 Å². The van der Waals surface area contributed by atoms with Crippen molar-refractivity contribution in [2.75, 3.05) is 26.7 Å². The fourth-order valence-electron chi connectivity index (χ4n) is 2.53. The number of hydrogen-bond acceptors (Lipinski definition) is 2.